The Morgan fingerprint density at radius 3 is 1.19 bits per heavy atom. The van der Waals surface area contributed by atoms with Gasteiger partial charge in [-0.15, -0.1) is 0 Å². The third kappa shape index (κ3) is 50.2. The third-order valence-electron chi connectivity index (χ3n) is 13.5. The Labute approximate surface area is 433 Å². The first-order valence-corrected chi connectivity index (χ1v) is 29.7. The molecule has 2 atom stereocenters. The molecule has 0 aromatic heterocycles. The molecule has 0 bridgehead atoms. The number of likely N-dealkylation sites (N-methyl/N-ethyl adjacent to an activating group) is 1. The number of carbonyl (C=O) groups excluding carboxylic acids is 3. The van der Waals surface area contributed by atoms with Crippen LogP contribution in [0.4, 0.5) is 0 Å². The second-order valence-corrected chi connectivity index (χ2v) is 21.2. The van der Waals surface area contributed by atoms with Gasteiger partial charge < -0.3 is 28.6 Å². The lowest BCUT2D eigenvalue weighted by molar-refractivity contribution is -0.889. The van der Waals surface area contributed by atoms with Gasteiger partial charge in [0.15, 0.2) is 6.10 Å². The molecule has 0 amide bonds. The third-order valence-corrected chi connectivity index (χ3v) is 13.5. The van der Waals surface area contributed by atoms with Crippen molar-refractivity contribution in [1.82, 2.24) is 0 Å². The quantitative estimate of drug-likeness (QED) is 0.0259. The van der Waals surface area contributed by atoms with Crippen LogP contribution in [0.2, 0.25) is 0 Å². The van der Waals surface area contributed by atoms with Crippen LogP contribution in [0.15, 0.2) is 48.6 Å². The molecule has 0 aliphatic carbocycles. The number of rotatable bonds is 54. The minimum absolute atomic E-state index is 0.0423. The molecule has 0 saturated carbocycles. The standard InChI is InChI=1S/C62H113NO7/c1-6-8-10-12-14-16-18-20-22-24-26-28-30-32-34-36-38-40-42-44-46-48-50-52-60(64)69-57-58(56-68-55-54-59(62(66)67)63(3,4)5)70-61(65)53-51-49-47-45-43-41-39-37-35-33-31-29-27-25-23-21-19-17-15-13-11-9-7-2/h8,10,14,16,20,22,26,28,58-59H,6-7,9,11-13,15,17-19,21,23-25,27,29-57H2,1-5H3/b10-8+,16-14+,22-20+,28-26+. The minimum atomic E-state index is -1.12. The molecular weight excluding hydrogens is 871 g/mol. The highest BCUT2D eigenvalue weighted by atomic mass is 16.6. The molecule has 0 radical (unpaired) electrons. The summed E-state index contributed by atoms with van der Waals surface area (Å²) < 4.78 is 17.3. The molecule has 0 spiro atoms. The van der Waals surface area contributed by atoms with E-state index in [1.165, 1.54) is 180 Å². The number of aliphatic carboxylic acids is 1. The first kappa shape index (κ1) is 67.3. The molecule has 0 aliphatic rings. The number of ether oxygens (including phenoxy) is 3. The van der Waals surface area contributed by atoms with E-state index in [9.17, 15) is 19.5 Å². The largest absolute Gasteiger partial charge is 0.544 e. The van der Waals surface area contributed by atoms with Crippen molar-refractivity contribution in [3.8, 4) is 0 Å². The molecule has 8 nitrogen and oxygen atoms in total. The Morgan fingerprint density at radius 2 is 0.800 bits per heavy atom. The number of unbranched alkanes of at least 4 members (excludes halogenated alkanes) is 32. The maximum Gasteiger partial charge on any atom is 0.306 e. The second-order valence-electron chi connectivity index (χ2n) is 21.2. The number of carboxylic acids is 1. The van der Waals surface area contributed by atoms with Gasteiger partial charge in [0.1, 0.15) is 12.6 Å². The van der Waals surface area contributed by atoms with Crippen LogP contribution < -0.4 is 5.11 Å². The van der Waals surface area contributed by atoms with Crippen LogP contribution in [-0.2, 0) is 28.6 Å². The molecule has 8 heteroatoms. The van der Waals surface area contributed by atoms with Gasteiger partial charge in [-0.1, -0.05) is 255 Å². The summed E-state index contributed by atoms with van der Waals surface area (Å²) in [7, 11) is 5.43. The lowest BCUT2D eigenvalue weighted by atomic mass is 10.0. The fraction of sp³-hybridized carbons (Fsp3) is 0.823. The molecule has 0 heterocycles. The summed E-state index contributed by atoms with van der Waals surface area (Å²) in [5, 5.41) is 11.7. The van der Waals surface area contributed by atoms with Gasteiger partial charge in [0.05, 0.1) is 40.3 Å². The average Bonchev–Trinajstić information content (AvgIpc) is 3.33. The number of allylic oxidation sites excluding steroid dienone is 8. The molecular formula is C62H113NO7. The molecule has 0 aliphatic heterocycles. The summed E-state index contributed by atoms with van der Waals surface area (Å²) in [6, 6.07) is -0.727. The van der Waals surface area contributed by atoms with Gasteiger partial charge in [-0.2, -0.15) is 0 Å². The summed E-state index contributed by atoms with van der Waals surface area (Å²) in [5.41, 5.74) is 0. The van der Waals surface area contributed by atoms with Gasteiger partial charge in [-0.25, -0.2) is 0 Å². The van der Waals surface area contributed by atoms with E-state index in [1.54, 1.807) is 0 Å². The van der Waals surface area contributed by atoms with Crippen LogP contribution in [0.5, 0.6) is 0 Å². The lowest BCUT2D eigenvalue weighted by Crippen LogP contribution is -2.55. The van der Waals surface area contributed by atoms with Gasteiger partial charge in [-0.3, -0.25) is 9.59 Å². The zero-order valence-electron chi connectivity index (χ0n) is 46.7. The Hall–Kier alpha value is -2.71. The Bertz CT molecular complexity index is 1280. The lowest BCUT2D eigenvalue weighted by Gasteiger charge is -2.34. The van der Waals surface area contributed by atoms with Gasteiger partial charge in [0.2, 0.25) is 0 Å². The number of quaternary nitrogens is 1. The molecule has 2 unspecified atom stereocenters. The average molecular weight is 985 g/mol. The van der Waals surface area contributed by atoms with Crippen LogP contribution in [0.1, 0.15) is 277 Å². The number of esters is 2. The minimum Gasteiger partial charge on any atom is -0.544 e. The van der Waals surface area contributed by atoms with Crippen molar-refractivity contribution in [1.29, 1.82) is 0 Å². The van der Waals surface area contributed by atoms with E-state index < -0.39 is 18.1 Å². The Morgan fingerprint density at radius 1 is 0.443 bits per heavy atom. The normalized spacial score (nSPS) is 13.1. The predicted octanol–water partition coefficient (Wildman–Crippen LogP) is 16.5. The van der Waals surface area contributed by atoms with E-state index in [0.717, 1.165) is 64.2 Å². The summed E-state index contributed by atoms with van der Waals surface area (Å²) >= 11 is 0. The van der Waals surface area contributed by atoms with Crippen LogP contribution in [0, 0.1) is 0 Å². The first-order chi connectivity index (χ1) is 34.1. The zero-order valence-corrected chi connectivity index (χ0v) is 46.7. The summed E-state index contributed by atoms with van der Waals surface area (Å²) in [4.78, 5) is 37.2. The summed E-state index contributed by atoms with van der Waals surface area (Å²) in [6.07, 6.45) is 65.9. The maximum absolute atomic E-state index is 12.8. The van der Waals surface area contributed by atoms with Crippen molar-refractivity contribution in [3.05, 3.63) is 48.6 Å². The van der Waals surface area contributed by atoms with Gasteiger partial charge in [0.25, 0.3) is 0 Å². The monoisotopic (exact) mass is 984 g/mol. The fourth-order valence-corrected chi connectivity index (χ4v) is 8.95. The number of hydrogen-bond acceptors (Lipinski definition) is 7. The fourth-order valence-electron chi connectivity index (χ4n) is 8.95. The van der Waals surface area contributed by atoms with Gasteiger partial charge in [0, 0.05) is 19.3 Å². The Kier molecular flexibility index (Phi) is 50.6. The molecule has 0 aromatic carbocycles. The van der Waals surface area contributed by atoms with E-state index >= 15 is 0 Å². The van der Waals surface area contributed by atoms with E-state index in [2.05, 4.69) is 62.5 Å². The van der Waals surface area contributed by atoms with Crippen molar-refractivity contribution >= 4 is 17.9 Å². The maximum atomic E-state index is 12.8. The van der Waals surface area contributed by atoms with Crippen LogP contribution in [0.25, 0.3) is 0 Å². The number of hydrogen-bond donors (Lipinski definition) is 0. The van der Waals surface area contributed by atoms with Gasteiger partial charge >= 0.3 is 11.9 Å². The highest BCUT2D eigenvalue weighted by molar-refractivity contribution is 5.70. The van der Waals surface area contributed by atoms with Crippen LogP contribution >= 0.6 is 0 Å². The molecule has 0 N–H and O–H groups in total. The van der Waals surface area contributed by atoms with Crippen molar-refractivity contribution in [2.75, 3.05) is 41.0 Å². The molecule has 0 saturated heterocycles. The SMILES string of the molecule is CC/C=C/C/C=C/C/C=C/C/C=C/CCCCCCCCCCCCC(=O)OCC(COCCC(C(=O)[O-])[N+](C)(C)C)OC(=O)CCCCCCCCCCCCCCCCCCCCCCCCC. The molecule has 0 rings (SSSR count). The van der Waals surface area contributed by atoms with E-state index in [0.29, 0.717) is 12.8 Å². The second kappa shape index (κ2) is 52.6. The van der Waals surface area contributed by atoms with E-state index in [-0.39, 0.29) is 42.7 Å². The van der Waals surface area contributed by atoms with Crippen LogP contribution in [0.3, 0.4) is 0 Å². The summed E-state index contributed by atoms with van der Waals surface area (Å²) in [5.74, 6) is -1.72. The smallest absolute Gasteiger partial charge is 0.306 e. The highest BCUT2D eigenvalue weighted by Crippen LogP contribution is 2.17. The topological polar surface area (TPSA) is 102 Å². The molecule has 0 aromatic rings. The number of nitrogens with zero attached hydrogens (tertiary/aromatic N) is 1. The van der Waals surface area contributed by atoms with Crippen molar-refractivity contribution in [3.63, 3.8) is 0 Å². The first-order valence-electron chi connectivity index (χ1n) is 29.7. The van der Waals surface area contributed by atoms with Crippen molar-refractivity contribution in [2.24, 2.45) is 0 Å². The van der Waals surface area contributed by atoms with E-state index in [4.69, 9.17) is 14.2 Å². The van der Waals surface area contributed by atoms with Crippen LogP contribution in [-0.4, -0.2) is 75.5 Å². The summed E-state index contributed by atoms with van der Waals surface area (Å²) in [6.45, 7) is 4.60. The molecule has 408 valence electrons. The van der Waals surface area contributed by atoms with E-state index in [1.807, 2.05) is 21.1 Å². The highest BCUT2D eigenvalue weighted by Gasteiger charge is 2.25. The van der Waals surface area contributed by atoms with Crippen molar-refractivity contribution in [2.45, 2.75) is 289 Å². The Balaban J connectivity index is 4.13. The predicted molar refractivity (Wildman–Crippen MR) is 296 cm³/mol. The zero-order chi connectivity index (χ0) is 51.3. The van der Waals surface area contributed by atoms with Gasteiger partial charge in [-0.05, 0) is 51.4 Å². The molecule has 70 heavy (non-hydrogen) atoms. The number of carboxylic acid groups (broad SMARTS) is 1. The number of carbonyl (C=O) groups is 3. The molecule has 0 fully saturated rings. The van der Waals surface area contributed by atoms with Crippen molar-refractivity contribution < 1.29 is 38.2 Å².